The molecule has 24 heavy (non-hydrogen) atoms. The lowest BCUT2D eigenvalue weighted by atomic mass is 10.2. The van der Waals surface area contributed by atoms with E-state index in [4.69, 9.17) is 4.74 Å². The molecule has 0 amide bonds. The van der Waals surface area contributed by atoms with Gasteiger partial charge in [0.15, 0.2) is 5.03 Å². The van der Waals surface area contributed by atoms with Gasteiger partial charge in [0, 0.05) is 16.5 Å². The van der Waals surface area contributed by atoms with E-state index in [1.807, 2.05) is 30.3 Å². The summed E-state index contributed by atoms with van der Waals surface area (Å²) in [7, 11) is 0. The summed E-state index contributed by atoms with van der Waals surface area (Å²) in [5.74, 6) is -0.0271. The summed E-state index contributed by atoms with van der Waals surface area (Å²) in [5.41, 5.74) is 0.536. The molecule has 0 saturated heterocycles. The molecule has 0 aliphatic heterocycles. The monoisotopic (exact) mass is 342 g/mol. The highest BCUT2D eigenvalue weighted by molar-refractivity contribution is 7.99. The number of nitro groups is 1. The first-order chi connectivity index (χ1) is 11.6. The molecule has 1 aromatic carbocycles. The second kappa shape index (κ2) is 6.79. The fourth-order valence-electron chi connectivity index (χ4n) is 2.15. The first-order valence-corrected chi connectivity index (χ1v) is 8.05. The Morgan fingerprint density at radius 3 is 2.71 bits per heavy atom. The Hall–Kier alpha value is -2.74. The summed E-state index contributed by atoms with van der Waals surface area (Å²) >= 11 is 1.18. The number of benzene rings is 1. The lowest BCUT2D eigenvalue weighted by Crippen LogP contribution is -2.10. The molecule has 0 bridgehead atoms. The van der Waals surface area contributed by atoms with Crippen molar-refractivity contribution in [1.29, 1.82) is 0 Å². The van der Waals surface area contributed by atoms with Crippen molar-refractivity contribution in [2.45, 2.75) is 29.9 Å². The molecule has 0 unspecified atom stereocenters. The second-order valence-corrected chi connectivity index (χ2v) is 6.22. The standard InChI is InChI=1S/C16H14N4O3S/c1-10(2)23-15-14(20(21)22)16(19-9-18-15)24-12-7-3-5-11-6-4-8-17-13(11)12/h3-10H,1-2H3. The van der Waals surface area contributed by atoms with Crippen molar-refractivity contribution >= 4 is 28.4 Å². The van der Waals surface area contributed by atoms with E-state index in [9.17, 15) is 10.1 Å². The number of para-hydroxylation sites is 1. The largest absolute Gasteiger partial charge is 0.470 e. The number of hydrogen-bond acceptors (Lipinski definition) is 7. The zero-order valence-electron chi connectivity index (χ0n) is 13.0. The van der Waals surface area contributed by atoms with Gasteiger partial charge in [-0.3, -0.25) is 15.1 Å². The second-order valence-electron chi connectivity index (χ2n) is 5.19. The van der Waals surface area contributed by atoms with Crippen molar-refractivity contribution in [3.63, 3.8) is 0 Å². The Morgan fingerprint density at radius 2 is 1.96 bits per heavy atom. The summed E-state index contributed by atoms with van der Waals surface area (Å²) < 4.78 is 5.45. The Bertz CT molecular complexity index is 896. The van der Waals surface area contributed by atoms with Crippen LogP contribution >= 0.6 is 11.8 Å². The van der Waals surface area contributed by atoms with Gasteiger partial charge in [0.2, 0.25) is 0 Å². The lowest BCUT2D eigenvalue weighted by molar-refractivity contribution is -0.389. The predicted octanol–water partition coefficient (Wildman–Crippen LogP) is 3.87. The molecule has 2 aromatic heterocycles. The summed E-state index contributed by atoms with van der Waals surface area (Å²) in [6.45, 7) is 3.57. The van der Waals surface area contributed by atoms with Crippen molar-refractivity contribution < 1.29 is 9.66 Å². The third-order valence-electron chi connectivity index (χ3n) is 3.09. The van der Waals surface area contributed by atoms with Gasteiger partial charge < -0.3 is 4.74 Å². The topological polar surface area (TPSA) is 91.0 Å². The molecule has 2 heterocycles. The van der Waals surface area contributed by atoms with Crippen LogP contribution in [0.5, 0.6) is 5.88 Å². The number of fused-ring (bicyclic) bond motifs is 1. The van der Waals surface area contributed by atoms with Gasteiger partial charge in [-0.1, -0.05) is 30.0 Å². The molecule has 3 aromatic rings. The maximum absolute atomic E-state index is 11.5. The Morgan fingerprint density at radius 1 is 1.17 bits per heavy atom. The van der Waals surface area contributed by atoms with Crippen LogP contribution in [0.25, 0.3) is 10.9 Å². The summed E-state index contributed by atoms with van der Waals surface area (Å²) in [4.78, 5) is 24.1. The molecule has 0 atom stereocenters. The lowest BCUT2D eigenvalue weighted by Gasteiger charge is -2.10. The van der Waals surface area contributed by atoms with Crippen molar-refractivity contribution in [2.75, 3.05) is 0 Å². The van der Waals surface area contributed by atoms with Crippen LogP contribution in [0.2, 0.25) is 0 Å². The van der Waals surface area contributed by atoms with E-state index in [1.165, 1.54) is 18.1 Å². The molecular weight excluding hydrogens is 328 g/mol. The van der Waals surface area contributed by atoms with E-state index in [0.717, 1.165) is 15.8 Å². The predicted molar refractivity (Wildman–Crippen MR) is 90.3 cm³/mol. The van der Waals surface area contributed by atoms with Crippen LogP contribution in [0.1, 0.15) is 13.8 Å². The molecule has 0 fully saturated rings. The fourth-order valence-corrected chi connectivity index (χ4v) is 3.13. The Labute approximate surface area is 142 Å². The maximum Gasteiger partial charge on any atom is 0.363 e. The van der Waals surface area contributed by atoms with E-state index in [2.05, 4.69) is 15.0 Å². The van der Waals surface area contributed by atoms with Crippen LogP contribution in [-0.2, 0) is 0 Å². The van der Waals surface area contributed by atoms with Crippen molar-refractivity contribution in [1.82, 2.24) is 15.0 Å². The number of hydrogen-bond donors (Lipinski definition) is 0. The van der Waals surface area contributed by atoms with Crippen LogP contribution in [0, 0.1) is 10.1 Å². The number of nitrogens with zero attached hydrogens (tertiary/aromatic N) is 4. The third-order valence-corrected chi connectivity index (χ3v) is 4.13. The highest BCUT2D eigenvalue weighted by Crippen LogP contribution is 2.39. The van der Waals surface area contributed by atoms with Gasteiger partial charge >= 0.3 is 5.69 Å². The molecular formula is C16H14N4O3S. The van der Waals surface area contributed by atoms with Crippen LogP contribution in [0.4, 0.5) is 5.69 Å². The minimum atomic E-state index is -0.515. The smallest absolute Gasteiger partial charge is 0.363 e. The van der Waals surface area contributed by atoms with Gasteiger partial charge in [-0.15, -0.1) is 0 Å². The van der Waals surface area contributed by atoms with Crippen molar-refractivity contribution in [2.24, 2.45) is 0 Å². The average Bonchev–Trinajstić information content (AvgIpc) is 2.54. The van der Waals surface area contributed by atoms with E-state index in [0.29, 0.717) is 0 Å². The van der Waals surface area contributed by atoms with Crippen LogP contribution in [-0.4, -0.2) is 26.0 Å². The number of rotatable bonds is 5. The molecule has 0 aliphatic carbocycles. The summed E-state index contributed by atoms with van der Waals surface area (Å²) in [6.07, 6.45) is 2.73. The van der Waals surface area contributed by atoms with Crippen molar-refractivity contribution in [3.8, 4) is 5.88 Å². The molecule has 0 N–H and O–H groups in total. The number of pyridine rings is 1. The van der Waals surface area contributed by atoms with Gasteiger partial charge in [-0.05, 0) is 26.0 Å². The summed E-state index contributed by atoms with van der Waals surface area (Å²) in [5, 5.41) is 12.7. The Kier molecular flexibility index (Phi) is 4.57. The molecule has 122 valence electrons. The molecule has 7 nitrogen and oxygen atoms in total. The normalized spacial score (nSPS) is 11.0. The van der Waals surface area contributed by atoms with Crippen LogP contribution in [0.15, 0.2) is 52.8 Å². The quantitative estimate of drug-likeness (QED) is 0.395. The van der Waals surface area contributed by atoms with E-state index in [-0.39, 0.29) is 22.7 Å². The van der Waals surface area contributed by atoms with Crippen LogP contribution < -0.4 is 4.74 Å². The fraction of sp³-hybridized carbons (Fsp3) is 0.188. The van der Waals surface area contributed by atoms with Gasteiger partial charge in [0.05, 0.1) is 16.5 Å². The summed E-state index contributed by atoms with van der Waals surface area (Å²) in [6, 6.07) is 9.46. The molecule has 0 saturated carbocycles. The minimum absolute atomic E-state index is 0.0271. The minimum Gasteiger partial charge on any atom is -0.470 e. The zero-order chi connectivity index (χ0) is 17.1. The molecule has 8 heteroatoms. The highest BCUT2D eigenvalue weighted by atomic mass is 32.2. The SMILES string of the molecule is CC(C)Oc1ncnc(Sc2cccc3cccnc23)c1[N+](=O)[O-]. The van der Waals surface area contributed by atoms with E-state index >= 15 is 0 Å². The zero-order valence-corrected chi connectivity index (χ0v) is 13.9. The first kappa shape index (κ1) is 16.1. The van der Waals surface area contributed by atoms with E-state index < -0.39 is 4.92 Å². The molecule has 3 rings (SSSR count). The molecule has 0 spiro atoms. The average molecular weight is 342 g/mol. The van der Waals surface area contributed by atoms with Crippen molar-refractivity contribution in [3.05, 3.63) is 53.0 Å². The van der Waals surface area contributed by atoms with Gasteiger partial charge in [-0.2, -0.15) is 4.98 Å². The number of ether oxygens (including phenoxy) is 1. The first-order valence-electron chi connectivity index (χ1n) is 7.24. The van der Waals surface area contributed by atoms with E-state index in [1.54, 1.807) is 20.0 Å². The van der Waals surface area contributed by atoms with Gasteiger partial charge in [0.25, 0.3) is 5.88 Å². The maximum atomic E-state index is 11.5. The Balaban J connectivity index is 2.07. The van der Waals surface area contributed by atoms with Gasteiger partial charge in [-0.25, -0.2) is 4.98 Å². The van der Waals surface area contributed by atoms with Gasteiger partial charge in [0.1, 0.15) is 6.33 Å². The molecule has 0 aliphatic rings. The highest BCUT2D eigenvalue weighted by Gasteiger charge is 2.26. The third kappa shape index (κ3) is 3.28. The molecule has 0 radical (unpaired) electrons. The van der Waals surface area contributed by atoms with Crippen LogP contribution in [0.3, 0.4) is 0 Å². The number of aromatic nitrogens is 3.